The molecule has 2 aliphatic heterocycles. The molecule has 1 aromatic carbocycles. The molecule has 0 radical (unpaired) electrons. The molecular formula is C19H27BrFIN4O2. The highest BCUT2D eigenvalue weighted by atomic mass is 127. The first-order valence-electron chi connectivity index (χ1n) is 9.46. The van der Waals surface area contributed by atoms with E-state index in [1.54, 1.807) is 6.07 Å². The van der Waals surface area contributed by atoms with E-state index in [2.05, 4.69) is 31.1 Å². The van der Waals surface area contributed by atoms with Gasteiger partial charge >= 0.3 is 0 Å². The maximum absolute atomic E-state index is 14.0. The number of guanidine groups is 1. The highest BCUT2D eigenvalue weighted by Crippen LogP contribution is 2.17. The first-order valence-corrected chi connectivity index (χ1v) is 10.3. The number of carbonyl (C=O) groups is 1. The van der Waals surface area contributed by atoms with Crippen LogP contribution in [0.25, 0.3) is 0 Å². The summed E-state index contributed by atoms with van der Waals surface area (Å²) >= 11 is 3.27. The molecule has 0 aliphatic carbocycles. The molecule has 0 saturated carbocycles. The fourth-order valence-electron chi connectivity index (χ4n) is 3.35. The van der Waals surface area contributed by atoms with Crippen molar-refractivity contribution in [3.05, 3.63) is 34.1 Å². The Morgan fingerprint density at radius 1 is 1.32 bits per heavy atom. The number of amides is 1. The Morgan fingerprint density at radius 2 is 2.04 bits per heavy atom. The quantitative estimate of drug-likeness (QED) is 0.345. The molecule has 1 unspecified atom stereocenters. The molecule has 6 nitrogen and oxygen atoms in total. The van der Waals surface area contributed by atoms with Crippen molar-refractivity contribution in [3.63, 3.8) is 0 Å². The lowest BCUT2D eigenvalue weighted by Crippen LogP contribution is -2.55. The highest BCUT2D eigenvalue weighted by Gasteiger charge is 2.30. The molecule has 1 atom stereocenters. The second-order valence-electron chi connectivity index (χ2n) is 6.72. The lowest BCUT2D eigenvalue weighted by Gasteiger charge is -2.37. The molecule has 0 spiro atoms. The zero-order valence-corrected chi connectivity index (χ0v) is 19.9. The van der Waals surface area contributed by atoms with Crippen molar-refractivity contribution >= 4 is 51.8 Å². The number of aliphatic imine (C=N–C) groups is 1. The van der Waals surface area contributed by atoms with Crippen LogP contribution < -0.4 is 5.32 Å². The van der Waals surface area contributed by atoms with E-state index >= 15 is 0 Å². The Bertz CT molecular complexity index is 693. The van der Waals surface area contributed by atoms with Crippen LogP contribution in [0.1, 0.15) is 25.3 Å². The van der Waals surface area contributed by atoms with Crippen molar-refractivity contribution in [2.24, 2.45) is 4.99 Å². The Hall–Kier alpha value is -0.940. The molecule has 0 bridgehead atoms. The van der Waals surface area contributed by atoms with Crippen LogP contribution in [0, 0.1) is 5.82 Å². The first kappa shape index (κ1) is 23.3. The van der Waals surface area contributed by atoms with Crippen LogP contribution in [0.4, 0.5) is 4.39 Å². The second-order valence-corrected chi connectivity index (χ2v) is 7.64. The molecular weight excluding hydrogens is 542 g/mol. The van der Waals surface area contributed by atoms with Crippen LogP contribution in [0.15, 0.2) is 27.7 Å². The van der Waals surface area contributed by atoms with Gasteiger partial charge in [-0.1, -0.05) is 22.0 Å². The highest BCUT2D eigenvalue weighted by molar-refractivity contribution is 14.0. The molecule has 2 heterocycles. The predicted molar refractivity (Wildman–Crippen MR) is 121 cm³/mol. The van der Waals surface area contributed by atoms with Crippen molar-refractivity contribution in [3.8, 4) is 0 Å². The van der Waals surface area contributed by atoms with Gasteiger partial charge in [0.1, 0.15) is 11.9 Å². The molecule has 3 rings (SSSR count). The minimum absolute atomic E-state index is 0. The summed E-state index contributed by atoms with van der Waals surface area (Å²) in [6, 6.07) is 5.01. The Balaban J connectivity index is 0.00000280. The number of nitrogens with zero attached hydrogens (tertiary/aromatic N) is 3. The van der Waals surface area contributed by atoms with Crippen molar-refractivity contribution < 1.29 is 13.9 Å². The third-order valence-corrected chi connectivity index (χ3v) is 5.34. The number of piperazine rings is 1. The maximum atomic E-state index is 14.0. The Morgan fingerprint density at radius 3 is 2.64 bits per heavy atom. The Kier molecular flexibility index (Phi) is 9.42. The topological polar surface area (TPSA) is 57.2 Å². The van der Waals surface area contributed by atoms with E-state index in [1.807, 2.05) is 17.9 Å². The zero-order chi connectivity index (χ0) is 19.2. The molecule has 2 fully saturated rings. The molecule has 2 aliphatic rings. The maximum Gasteiger partial charge on any atom is 0.251 e. The van der Waals surface area contributed by atoms with Gasteiger partial charge in [0.15, 0.2) is 5.96 Å². The molecule has 1 amide bonds. The van der Waals surface area contributed by atoms with E-state index in [0.717, 1.165) is 25.3 Å². The lowest BCUT2D eigenvalue weighted by molar-refractivity contribution is -0.142. The number of rotatable bonds is 4. The predicted octanol–water partition coefficient (Wildman–Crippen LogP) is 2.99. The van der Waals surface area contributed by atoms with E-state index < -0.39 is 0 Å². The number of hydrogen-bond acceptors (Lipinski definition) is 3. The average Bonchev–Trinajstić information content (AvgIpc) is 3.21. The monoisotopic (exact) mass is 568 g/mol. The van der Waals surface area contributed by atoms with Gasteiger partial charge in [-0.25, -0.2) is 9.38 Å². The smallest absolute Gasteiger partial charge is 0.251 e. The summed E-state index contributed by atoms with van der Waals surface area (Å²) < 4.78 is 20.3. The largest absolute Gasteiger partial charge is 0.368 e. The normalized spacial score (nSPS) is 20.1. The minimum Gasteiger partial charge on any atom is -0.368 e. The van der Waals surface area contributed by atoms with Gasteiger partial charge in [-0.2, -0.15) is 0 Å². The van der Waals surface area contributed by atoms with E-state index in [4.69, 9.17) is 4.74 Å². The van der Waals surface area contributed by atoms with Crippen LogP contribution in [-0.4, -0.2) is 67.1 Å². The van der Waals surface area contributed by atoms with E-state index in [1.165, 1.54) is 6.07 Å². The van der Waals surface area contributed by atoms with Gasteiger partial charge < -0.3 is 19.9 Å². The van der Waals surface area contributed by atoms with E-state index in [-0.39, 0.29) is 48.3 Å². The van der Waals surface area contributed by atoms with Crippen LogP contribution in [0.3, 0.4) is 0 Å². The van der Waals surface area contributed by atoms with Gasteiger partial charge in [0, 0.05) is 49.4 Å². The van der Waals surface area contributed by atoms with Crippen molar-refractivity contribution in [1.29, 1.82) is 0 Å². The third kappa shape index (κ3) is 6.03. The van der Waals surface area contributed by atoms with E-state index in [0.29, 0.717) is 42.8 Å². The van der Waals surface area contributed by atoms with Gasteiger partial charge in [0.2, 0.25) is 0 Å². The van der Waals surface area contributed by atoms with Crippen LogP contribution in [-0.2, 0) is 16.1 Å². The summed E-state index contributed by atoms with van der Waals surface area (Å²) in [4.78, 5) is 21.1. The standard InChI is InChI=1S/C19H26BrFN4O2.HI/c1-2-22-19(23-13-14-5-6-15(20)12-16(14)21)25-9-7-24(8-10-25)18(26)17-4-3-11-27-17;/h5-6,12,17H,2-4,7-11,13H2,1H3,(H,22,23);1H. The second kappa shape index (κ2) is 11.3. The van der Waals surface area contributed by atoms with Gasteiger partial charge in [0.25, 0.3) is 5.91 Å². The zero-order valence-electron chi connectivity index (χ0n) is 16.0. The minimum atomic E-state index is -0.268. The number of benzene rings is 1. The first-order chi connectivity index (χ1) is 13.1. The molecule has 0 aromatic heterocycles. The summed E-state index contributed by atoms with van der Waals surface area (Å²) in [5, 5.41) is 3.27. The summed E-state index contributed by atoms with van der Waals surface area (Å²) in [6.45, 7) is 6.39. The Labute approximate surface area is 191 Å². The number of hydrogen-bond donors (Lipinski definition) is 1. The fourth-order valence-corrected chi connectivity index (χ4v) is 3.68. The molecule has 1 aromatic rings. The van der Waals surface area contributed by atoms with Crippen molar-refractivity contribution in [2.75, 3.05) is 39.3 Å². The summed E-state index contributed by atoms with van der Waals surface area (Å²) in [5.41, 5.74) is 0.556. The third-order valence-electron chi connectivity index (χ3n) is 4.85. The number of ether oxygens (including phenoxy) is 1. The summed E-state index contributed by atoms with van der Waals surface area (Å²) in [6.07, 6.45) is 1.51. The van der Waals surface area contributed by atoms with Gasteiger partial charge in [-0.15, -0.1) is 24.0 Å². The molecule has 1 N–H and O–H groups in total. The molecule has 28 heavy (non-hydrogen) atoms. The molecule has 9 heteroatoms. The van der Waals surface area contributed by atoms with Crippen molar-refractivity contribution in [1.82, 2.24) is 15.1 Å². The molecule has 156 valence electrons. The van der Waals surface area contributed by atoms with Crippen LogP contribution >= 0.6 is 39.9 Å². The number of carbonyl (C=O) groups excluding carboxylic acids is 1. The number of nitrogens with one attached hydrogen (secondary N) is 1. The van der Waals surface area contributed by atoms with Gasteiger partial charge in [-0.3, -0.25) is 4.79 Å². The summed E-state index contributed by atoms with van der Waals surface area (Å²) in [7, 11) is 0. The van der Waals surface area contributed by atoms with E-state index in [9.17, 15) is 9.18 Å². The lowest BCUT2D eigenvalue weighted by atomic mass is 10.2. The van der Waals surface area contributed by atoms with Crippen LogP contribution in [0.5, 0.6) is 0 Å². The number of halogens is 3. The molecule has 2 saturated heterocycles. The van der Waals surface area contributed by atoms with Crippen molar-refractivity contribution in [2.45, 2.75) is 32.4 Å². The SMILES string of the molecule is CCNC(=NCc1ccc(Br)cc1F)N1CCN(C(=O)C2CCCO2)CC1.I. The average molecular weight is 569 g/mol. The fraction of sp³-hybridized carbons (Fsp3) is 0.579. The van der Waals surface area contributed by atoms with Crippen LogP contribution in [0.2, 0.25) is 0 Å². The summed E-state index contributed by atoms with van der Waals surface area (Å²) in [5.74, 6) is 0.589. The van der Waals surface area contributed by atoms with Gasteiger partial charge in [0.05, 0.1) is 6.54 Å². The van der Waals surface area contributed by atoms with Gasteiger partial charge in [-0.05, 0) is 31.9 Å².